The molecular weight excluding hydrogens is 311 g/mol. The van der Waals surface area contributed by atoms with Crippen molar-refractivity contribution in [2.24, 2.45) is 0 Å². The maximum atomic E-state index is 10.8. The number of hydrogen-bond donors (Lipinski definition) is 0. The molecule has 0 saturated heterocycles. The van der Waals surface area contributed by atoms with Crippen LogP contribution in [0.2, 0.25) is 0 Å². The predicted molar refractivity (Wildman–Crippen MR) is 90.0 cm³/mol. The zero-order valence-corrected chi connectivity index (χ0v) is 15.2. The molecule has 0 fully saturated rings. The van der Waals surface area contributed by atoms with E-state index in [9.17, 15) is 4.79 Å². The summed E-state index contributed by atoms with van der Waals surface area (Å²) in [6.45, 7) is 8.71. The topological polar surface area (TPSA) is 17.1 Å². The molecule has 0 unspecified atom stereocenters. The molecule has 0 N–H and O–H groups in total. The van der Waals surface area contributed by atoms with Crippen LogP contribution in [0.5, 0.6) is 0 Å². The number of hydrogen-bond acceptors (Lipinski definition) is 1. The molecule has 0 aliphatic heterocycles. The van der Waals surface area contributed by atoms with Gasteiger partial charge in [0.2, 0.25) is 0 Å². The molecule has 1 nitrogen and oxygen atoms in total. The number of allylic oxidation sites excluding steroid dienone is 6. The Morgan fingerprint density at radius 3 is 1.80 bits per heavy atom. The summed E-state index contributed by atoms with van der Waals surface area (Å²) < 4.78 is 0.172. The first-order chi connectivity index (χ1) is 9.41. The molecule has 0 aromatic rings. The second kappa shape index (κ2) is 12.2. The van der Waals surface area contributed by atoms with Gasteiger partial charge >= 0.3 is 108 Å². The van der Waals surface area contributed by atoms with Gasteiger partial charge in [-0.05, 0) is 13.8 Å². The average Bonchev–Trinajstić information content (AvgIpc) is 2.34. The monoisotopic (exact) mass is 341 g/mol. The molecule has 0 amide bonds. The number of carbonyl (C=O) groups is 1. The fourth-order valence-corrected chi connectivity index (χ4v) is 2.24. The molecule has 0 atom stereocenters. The summed E-state index contributed by atoms with van der Waals surface area (Å²) >= 11 is 2.53. The van der Waals surface area contributed by atoms with E-state index in [0.29, 0.717) is 6.42 Å². The van der Waals surface area contributed by atoms with Gasteiger partial charge in [0.1, 0.15) is 0 Å². The van der Waals surface area contributed by atoms with Crippen molar-refractivity contribution in [3.8, 4) is 0 Å². The third-order valence-corrected chi connectivity index (χ3v) is 3.63. The maximum absolute atomic E-state index is 10.8. The van der Waals surface area contributed by atoms with Gasteiger partial charge in [-0.1, -0.05) is 11.6 Å². The molecule has 0 heterocycles. The molecule has 0 spiro atoms. The van der Waals surface area contributed by atoms with Gasteiger partial charge in [-0.2, -0.15) is 0 Å². The quantitative estimate of drug-likeness (QED) is 0.301. The van der Waals surface area contributed by atoms with Crippen molar-refractivity contribution in [1.82, 2.24) is 0 Å². The summed E-state index contributed by atoms with van der Waals surface area (Å²) in [4.78, 5) is 10.8. The van der Waals surface area contributed by atoms with E-state index in [0.717, 1.165) is 32.1 Å². The van der Waals surface area contributed by atoms with Gasteiger partial charge in [0.15, 0.2) is 0 Å². The Hall–Kier alpha value is -0.591. The van der Waals surface area contributed by atoms with Crippen LogP contribution < -0.4 is 0 Å². The molecule has 0 aliphatic rings. The summed E-state index contributed by atoms with van der Waals surface area (Å²) in [6, 6.07) is 0. The molecule has 0 saturated carbocycles. The molecule has 0 rings (SSSR count). The van der Waals surface area contributed by atoms with Gasteiger partial charge in [-0.25, -0.2) is 0 Å². The van der Waals surface area contributed by atoms with Gasteiger partial charge < -0.3 is 0 Å². The number of rotatable bonds is 10. The summed E-state index contributed by atoms with van der Waals surface area (Å²) in [6.07, 6.45) is 14.2. The molecule has 1 radical (unpaired) electrons. The zero-order valence-electron chi connectivity index (χ0n) is 13.5. The Morgan fingerprint density at radius 2 is 1.30 bits per heavy atom. The fraction of sp³-hybridized carbons (Fsp3) is 0.611. The Kier molecular flexibility index (Phi) is 11.8. The minimum absolute atomic E-state index is 0.172. The van der Waals surface area contributed by atoms with Crippen LogP contribution in [0.25, 0.3) is 0 Å². The average molecular weight is 340 g/mol. The van der Waals surface area contributed by atoms with E-state index >= 15 is 0 Å². The van der Waals surface area contributed by atoms with Crippen LogP contribution in [0.15, 0.2) is 34.9 Å². The summed E-state index contributed by atoms with van der Waals surface area (Å²) in [5.41, 5.74) is 4.33. The van der Waals surface area contributed by atoms with Gasteiger partial charge in [-0.3, -0.25) is 0 Å². The third-order valence-electron chi connectivity index (χ3n) is 3.20. The van der Waals surface area contributed by atoms with E-state index in [1.807, 2.05) is 0 Å². The SMILES string of the molecule is CC(C)=CCCC(C)=CCCC(C)=CCCCC(=O)[Se]. The number of carbonyl (C=O) groups excluding carboxylic acids is 1. The van der Waals surface area contributed by atoms with Crippen molar-refractivity contribution < 1.29 is 4.79 Å². The van der Waals surface area contributed by atoms with Gasteiger partial charge in [-0.15, -0.1) is 0 Å². The molecule has 113 valence electrons. The standard InChI is InChI=1S/C18H29OSe/c1-15(2)9-7-11-17(4)13-8-12-16(3)10-5-6-14-18(19)20/h9-10,13H,5-8,11-12,14H2,1-4H3. The van der Waals surface area contributed by atoms with Crippen LogP contribution in [-0.4, -0.2) is 20.7 Å². The molecule has 0 bridgehead atoms. The first-order valence-corrected chi connectivity index (χ1v) is 8.42. The van der Waals surface area contributed by atoms with Gasteiger partial charge in [0.25, 0.3) is 0 Å². The Labute approximate surface area is 133 Å². The number of unbranched alkanes of at least 4 members (excludes halogenated alkanes) is 1. The van der Waals surface area contributed by atoms with Crippen LogP contribution in [-0.2, 0) is 4.79 Å². The van der Waals surface area contributed by atoms with Crippen LogP contribution in [0.1, 0.15) is 72.6 Å². The first-order valence-electron chi connectivity index (χ1n) is 7.56. The van der Waals surface area contributed by atoms with E-state index in [1.165, 1.54) is 23.1 Å². The molecule has 0 aliphatic carbocycles. The third kappa shape index (κ3) is 13.8. The van der Waals surface area contributed by atoms with E-state index in [-0.39, 0.29) is 4.68 Å². The van der Waals surface area contributed by atoms with Crippen molar-refractivity contribution in [3.63, 3.8) is 0 Å². The van der Waals surface area contributed by atoms with Crippen molar-refractivity contribution >= 4 is 20.7 Å². The van der Waals surface area contributed by atoms with Crippen molar-refractivity contribution in [2.45, 2.75) is 72.6 Å². The van der Waals surface area contributed by atoms with Crippen LogP contribution in [0.3, 0.4) is 0 Å². The Morgan fingerprint density at radius 1 is 0.800 bits per heavy atom. The second-order valence-electron chi connectivity index (χ2n) is 5.72. The normalized spacial score (nSPS) is 12.4. The van der Waals surface area contributed by atoms with Crippen molar-refractivity contribution in [1.29, 1.82) is 0 Å². The Balaban J connectivity index is 3.82. The molecule has 20 heavy (non-hydrogen) atoms. The van der Waals surface area contributed by atoms with Crippen molar-refractivity contribution in [2.75, 3.05) is 0 Å². The predicted octanol–water partition coefficient (Wildman–Crippen LogP) is 5.27. The van der Waals surface area contributed by atoms with Crippen LogP contribution >= 0.6 is 0 Å². The van der Waals surface area contributed by atoms with E-state index in [2.05, 4.69) is 61.9 Å². The Bertz CT molecular complexity index is 371. The van der Waals surface area contributed by atoms with E-state index in [4.69, 9.17) is 0 Å². The summed E-state index contributed by atoms with van der Waals surface area (Å²) in [7, 11) is 0. The molecule has 0 aromatic heterocycles. The minimum atomic E-state index is 0.172. The van der Waals surface area contributed by atoms with E-state index < -0.39 is 0 Å². The van der Waals surface area contributed by atoms with Gasteiger partial charge in [0, 0.05) is 0 Å². The first kappa shape index (κ1) is 19.4. The van der Waals surface area contributed by atoms with Crippen LogP contribution in [0.4, 0.5) is 0 Å². The second-order valence-corrected chi connectivity index (χ2v) is 6.68. The van der Waals surface area contributed by atoms with Gasteiger partial charge in [0.05, 0.1) is 0 Å². The fourth-order valence-electron chi connectivity index (χ4n) is 1.93. The summed E-state index contributed by atoms with van der Waals surface area (Å²) in [5, 5.41) is 0. The summed E-state index contributed by atoms with van der Waals surface area (Å²) in [5.74, 6) is 0. The van der Waals surface area contributed by atoms with E-state index in [1.54, 1.807) is 0 Å². The van der Waals surface area contributed by atoms with Crippen molar-refractivity contribution in [3.05, 3.63) is 34.9 Å². The van der Waals surface area contributed by atoms with Crippen LogP contribution in [0, 0.1) is 0 Å². The molecule has 2 heteroatoms. The molecular formula is C18H29OSe. The molecule has 0 aromatic carbocycles. The zero-order chi connectivity index (χ0) is 15.4.